The van der Waals surface area contributed by atoms with Gasteiger partial charge in [-0.25, -0.2) is 4.79 Å². The molecule has 0 bridgehead atoms. The number of rotatable bonds is 11. The highest BCUT2D eigenvalue weighted by Gasteiger charge is 2.32. The Hall–Kier alpha value is -1.64. The van der Waals surface area contributed by atoms with Crippen molar-refractivity contribution in [2.45, 2.75) is 55.9 Å². The summed E-state index contributed by atoms with van der Waals surface area (Å²) in [6.45, 7) is 5.81. The average Bonchev–Trinajstić information content (AvgIpc) is 3.20. The molecule has 154 valence electrons. The molecule has 6 nitrogen and oxygen atoms in total. The monoisotopic (exact) mass is 425 g/mol. The van der Waals surface area contributed by atoms with Crippen LogP contribution in [0.1, 0.15) is 45.4 Å². The lowest BCUT2D eigenvalue weighted by atomic mass is 9.92. The SMILES string of the molecule is C=C(C)CC[C@H](O)C/C=C/[C@H]1CCC(=O)[C@@H]1CCSc1nc(OC(=O)O)cs1. The minimum atomic E-state index is -1.38. The molecule has 1 aromatic rings. The smallest absolute Gasteiger partial charge is 0.449 e. The van der Waals surface area contributed by atoms with E-state index in [0.29, 0.717) is 25.0 Å². The van der Waals surface area contributed by atoms with Crippen molar-refractivity contribution >= 4 is 35.0 Å². The molecule has 0 unspecified atom stereocenters. The molecular formula is C20H27NO5S2. The topological polar surface area (TPSA) is 96.7 Å². The van der Waals surface area contributed by atoms with E-state index < -0.39 is 6.16 Å². The molecule has 1 fully saturated rings. The van der Waals surface area contributed by atoms with Crippen LogP contribution in [0.25, 0.3) is 0 Å². The number of aliphatic hydroxyl groups excluding tert-OH is 1. The van der Waals surface area contributed by atoms with Crippen molar-refractivity contribution in [3.63, 3.8) is 0 Å². The molecule has 1 aliphatic carbocycles. The van der Waals surface area contributed by atoms with Gasteiger partial charge < -0.3 is 14.9 Å². The molecule has 8 heteroatoms. The predicted octanol–water partition coefficient (Wildman–Crippen LogP) is 4.94. The van der Waals surface area contributed by atoms with Crippen LogP contribution in [0.5, 0.6) is 5.88 Å². The van der Waals surface area contributed by atoms with Crippen molar-refractivity contribution in [2.24, 2.45) is 11.8 Å². The number of ketones is 1. The molecule has 3 atom stereocenters. The van der Waals surface area contributed by atoms with Crippen molar-refractivity contribution < 1.29 is 24.5 Å². The van der Waals surface area contributed by atoms with Gasteiger partial charge in [-0.2, -0.15) is 4.98 Å². The number of carbonyl (C=O) groups excluding carboxylic acids is 1. The van der Waals surface area contributed by atoms with Gasteiger partial charge in [0.25, 0.3) is 0 Å². The Labute approximate surface area is 173 Å². The zero-order valence-electron chi connectivity index (χ0n) is 16.0. The summed E-state index contributed by atoms with van der Waals surface area (Å²) in [7, 11) is 0. The molecule has 1 aliphatic rings. The first-order chi connectivity index (χ1) is 13.3. The summed E-state index contributed by atoms with van der Waals surface area (Å²) < 4.78 is 5.25. The van der Waals surface area contributed by atoms with Crippen molar-refractivity contribution in [1.82, 2.24) is 4.98 Å². The maximum Gasteiger partial charge on any atom is 0.512 e. The molecule has 1 saturated carbocycles. The van der Waals surface area contributed by atoms with E-state index in [1.54, 1.807) is 5.38 Å². The quantitative estimate of drug-likeness (QED) is 0.294. The van der Waals surface area contributed by atoms with Crippen LogP contribution < -0.4 is 4.74 Å². The van der Waals surface area contributed by atoms with Crippen LogP contribution in [0.4, 0.5) is 4.79 Å². The number of hydrogen-bond acceptors (Lipinski definition) is 7. The minimum absolute atomic E-state index is 0.00557. The number of ether oxygens (including phenoxy) is 1. The first kappa shape index (κ1) is 22.6. The Morgan fingerprint density at radius 2 is 2.36 bits per heavy atom. The molecule has 2 rings (SSSR count). The number of hydrogen-bond donors (Lipinski definition) is 2. The molecule has 1 heterocycles. The third-order valence-electron chi connectivity index (χ3n) is 4.66. The van der Waals surface area contributed by atoms with E-state index in [9.17, 15) is 14.7 Å². The van der Waals surface area contributed by atoms with Crippen LogP contribution >= 0.6 is 23.1 Å². The van der Waals surface area contributed by atoms with Crippen molar-refractivity contribution in [3.8, 4) is 5.88 Å². The van der Waals surface area contributed by atoms with E-state index in [1.165, 1.54) is 23.1 Å². The van der Waals surface area contributed by atoms with Gasteiger partial charge in [-0.3, -0.25) is 4.79 Å². The summed E-state index contributed by atoms with van der Waals surface area (Å²) in [5.41, 5.74) is 1.07. The molecule has 0 radical (unpaired) electrons. The summed E-state index contributed by atoms with van der Waals surface area (Å²) >= 11 is 2.84. The van der Waals surface area contributed by atoms with Gasteiger partial charge in [0.05, 0.1) is 11.5 Å². The number of carbonyl (C=O) groups is 2. The van der Waals surface area contributed by atoms with Crippen LogP contribution in [0.3, 0.4) is 0 Å². The fraction of sp³-hybridized carbons (Fsp3) is 0.550. The maximum absolute atomic E-state index is 12.2. The van der Waals surface area contributed by atoms with Crippen LogP contribution in [0, 0.1) is 11.8 Å². The second-order valence-corrected chi connectivity index (χ2v) is 9.25. The standard InChI is InChI=1S/C20H27NO5S2/c1-13(2)6-8-15(22)5-3-4-14-7-9-17(23)16(14)10-11-27-19-21-18(12-28-19)26-20(24)25/h3-4,12,14-16,22H,1,5-11H2,2H3,(H,24,25)/b4-3+/t14-,15+,16+/m0/s1. The zero-order chi connectivity index (χ0) is 20.5. The van der Waals surface area contributed by atoms with Crippen molar-refractivity contribution in [1.29, 1.82) is 0 Å². The number of nitrogens with zero attached hydrogens (tertiary/aromatic N) is 1. The number of carboxylic acid groups (broad SMARTS) is 1. The van der Waals surface area contributed by atoms with Gasteiger partial charge in [0.15, 0.2) is 4.34 Å². The number of aliphatic hydroxyl groups is 1. The van der Waals surface area contributed by atoms with Gasteiger partial charge in [0.1, 0.15) is 5.78 Å². The highest BCUT2D eigenvalue weighted by Crippen LogP contribution is 2.35. The zero-order valence-corrected chi connectivity index (χ0v) is 17.6. The van der Waals surface area contributed by atoms with E-state index >= 15 is 0 Å². The largest absolute Gasteiger partial charge is 0.512 e. The van der Waals surface area contributed by atoms with Gasteiger partial charge in [0, 0.05) is 18.1 Å². The fourth-order valence-electron chi connectivity index (χ4n) is 3.20. The summed E-state index contributed by atoms with van der Waals surface area (Å²) in [5.74, 6) is 1.35. The molecule has 0 aliphatic heterocycles. The van der Waals surface area contributed by atoms with E-state index in [-0.39, 0.29) is 23.8 Å². The van der Waals surface area contributed by atoms with E-state index in [2.05, 4.69) is 22.4 Å². The van der Waals surface area contributed by atoms with Gasteiger partial charge in [0.2, 0.25) is 5.88 Å². The van der Waals surface area contributed by atoms with E-state index in [4.69, 9.17) is 5.11 Å². The van der Waals surface area contributed by atoms with Gasteiger partial charge >= 0.3 is 6.16 Å². The number of thioether (sulfide) groups is 1. The molecule has 0 aromatic carbocycles. The molecule has 0 amide bonds. The number of allylic oxidation sites excluding steroid dienone is 2. The van der Waals surface area contributed by atoms with Crippen molar-refractivity contribution in [3.05, 3.63) is 29.7 Å². The Kier molecular flexibility index (Phi) is 9.21. The predicted molar refractivity (Wildman–Crippen MR) is 111 cm³/mol. The molecule has 0 spiro atoms. The Morgan fingerprint density at radius 1 is 1.57 bits per heavy atom. The summed E-state index contributed by atoms with van der Waals surface area (Å²) in [5, 5.41) is 20.1. The number of thiazole rings is 1. The summed E-state index contributed by atoms with van der Waals surface area (Å²) in [4.78, 5) is 26.8. The third-order valence-corrected chi connectivity index (χ3v) is 6.69. The van der Waals surface area contributed by atoms with Crippen LogP contribution in [-0.4, -0.2) is 39.0 Å². The minimum Gasteiger partial charge on any atom is -0.449 e. The van der Waals surface area contributed by atoms with Gasteiger partial charge in [-0.05, 0) is 44.9 Å². The Bertz CT molecular complexity index is 715. The van der Waals surface area contributed by atoms with Gasteiger partial charge in [-0.1, -0.05) is 29.5 Å². The second kappa shape index (κ2) is 11.4. The lowest BCUT2D eigenvalue weighted by Gasteiger charge is -2.14. The third kappa shape index (κ3) is 7.77. The highest BCUT2D eigenvalue weighted by atomic mass is 32.2. The van der Waals surface area contributed by atoms with Crippen LogP contribution in [0.2, 0.25) is 0 Å². The van der Waals surface area contributed by atoms with E-state index in [0.717, 1.165) is 34.9 Å². The van der Waals surface area contributed by atoms with E-state index in [1.807, 2.05) is 13.0 Å². The first-order valence-electron chi connectivity index (χ1n) is 9.36. The molecule has 0 saturated heterocycles. The normalized spacial score (nSPS) is 20.6. The molecule has 1 aromatic heterocycles. The molecular weight excluding hydrogens is 398 g/mol. The summed E-state index contributed by atoms with van der Waals surface area (Å²) in [6, 6.07) is 0. The second-order valence-electron chi connectivity index (χ2n) is 7.05. The number of aromatic nitrogens is 1. The first-order valence-corrected chi connectivity index (χ1v) is 11.2. The maximum atomic E-state index is 12.2. The molecule has 2 N–H and O–H groups in total. The fourth-order valence-corrected chi connectivity index (χ4v) is 5.01. The van der Waals surface area contributed by atoms with Crippen LogP contribution in [0.15, 0.2) is 34.0 Å². The van der Waals surface area contributed by atoms with Crippen molar-refractivity contribution in [2.75, 3.05) is 5.75 Å². The number of Topliss-reactive ketones (excluding diaryl/α,β-unsaturated/α-hetero) is 1. The molecule has 28 heavy (non-hydrogen) atoms. The lowest BCUT2D eigenvalue weighted by molar-refractivity contribution is -0.121. The lowest BCUT2D eigenvalue weighted by Crippen LogP contribution is -2.14. The Balaban J connectivity index is 1.77. The van der Waals surface area contributed by atoms with Gasteiger partial charge in [-0.15, -0.1) is 17.9 Å². The van der Waals surface area contributed by atoms with Crippen LogP contribution in [-0.2, 0) is 4.79 Å². The Morgan fingerprint density at radius 3 is 3.07 bits per heavy atom. The summed E-state index contributed by atoms with van der Waals surface area (Å²) in [6.07, 6.45) is 6.71. The highest BCUT2D eigenvalue weighted by molar-refractivity contribution is 8.01. The average molecular weight is 426 g/mol.